The number of allylic oxidation sites excluding steroid dienone is 2. The van der Waals surface area contributed by atoms with E-state index in [4.69, 9.17) is 0 Å². The van der Waals surface area contributed by atoms with E-state index in [1.807, 2.05) is 5.57 Å². The van der Waals surface area contributed by atoms with Crippen LogP contribution < -0.4 is 0 Å². The van der Waals surface area contributed by atoms with Crippen molar-refractivity contribution < 1.29 is 0 Å². The van der Waals surface area contributed by atoms with Crippen LogP contribution in [0.3, 0.4) is 0 Å². The van der Waals surface area contributed by atoms with Crippen molar-refractivity contribution in [3.05, 3.63) is 11.6 Å². The Labute approximate surface area is 182 Å². The summed E-state index contributed by atoms with van der Waals surface area (Å²) in [6, 6.07) is 0. The predicted octanol–water partition coefficient (Wildman–Crippen LogP) is 9.05. The van der Waals surface area contributed by atoms with Crippen molar-refractivity contribution in [2.24, 2.45) is 51.8 Å². The largest absolute Gasteiger partial charge is 0.0842 e. The molecule has 0 bridgehead atoms. The van der Waals surface area contributed by atoms with Gasteiger partial charge in [0.2, 0.25) is 0 Å². The van der Waals surface area contributed by atoms with Gasteiger partial charge in [0.1, 0.15) is 0 Å². The minimum absolute atomic E-state index is 0.516. The number of fused-ring (bicyclic) bond motifs is 5. The number of rotatable bonds is 5. The normalized spacial score (nSPS) is 47.9. The van der Waals surface area contributed by atoms with E-state index >= 15 is 0 Å². The summed E-state index contributed by atoms with van der Waals surface area (Å²) in [6.07, 6.45) is 18.8. The van der Waals surface area contributed by atoms with Crippen LogP contribution in [0.15, 0.2) is 11.6 Å². The molecule has 0 aromatic carbocycles. The summed E-state index contributed by atoms with van der Waals surface area (Å²) in [5, 5.41) is 0. The van der Waals surface area contributed by atoms with Crippen LogP contribution in [-0.4, -0.2) is 0 Å². The van der Waals surface area contributed by atoms with Gasteiger partial charge < -0.3 is 0 Å². The third-order valence-corrected chi connectivity index (χ3v) is 11.1. The predicted molar refractivity (Wildman–Crippen MR) is 127 cm³/mol. The van der Waals surface area contributed by atoms with Crippen molar-refractivity contribution in [3.63, 3.8) is 0 Å². The zero-order chi connectivity index (χ0) is 21.0. The molecule has 29 heavy (non-hydrogen) atoms. The Morgan fingerprint density at radius 2 is 1.66 bits per heavy atom. The van der Waals surface area contributed by atoms with Gasteiger partial charge in [0, 0.05) is 0 Å². The molecule has 0 spiro atoms. The molecule has 3 saturated carbocycles. The van der Waals surface area contributed by atoms with Crippen LogP contribution in [0.25, 0.3) is 0 Å². The fourth-order valence-corrected chi connectivity index (χ4v) is 9.52. The molecule has 0 N–H and O–H groups in total. The van der Waals surface area contributed by atoms with Crippen LogP contribution in [-0.2, 0) is 0 Å². The lowest BCUT2D eigenvalue weighted by molar-refractivity contribution is -0.111. The lowest BCUT2D eigenvalue weighted by Crippen LogP contribution is -2.56. The second-order valence-electron chi connectivity index (χ2n) is 13.3. The van der Waals surface area contributed by atoms with E-state index in [-0.39, 0.29) is 0 Å². The quantitative estimate of drug-likeness (QED) is 0.405. The summed E-state index contributed by atoms with van der Waals surface area (Å²) in [7, 11) is 0. The molecule has 8 atom stereocenters. The van der Waals surface area contributed by atoms with E-state index in [9.17, 15) is 0 Å². The number of hydrogen-bond donors (Lipinski definition) is 0. The molecule has 4 aliphatic carbocycles. The summed E-state index contributed by atoms with van der Waals surface area (Å²) < 4.78 is 0. The lowest BCUT2D eigenvalue weighted by Gasteiger charge is -2.63. The Kier molecular flexibility index (Phi) is 5.83. The average molecular weight is 399 g/mol. The van der Waals surface area contributed by atoms with Crippen LogP contribution in [0, 0.1) is 51.8 Å². The molecule has 2 unspecified atom stereocenters. The third-order valence-electron chi connectivity index (χ3n) is 11.1. The summed E-state index contributed by atoms with van der Waals surface area (Å²) in [6.45, 7) is 18.0. The second-order valence-corrected chi connectivity index (χ2v) is 13.3. The van der Waals surface area contributed by atoms with E-state index in [1.54, 1.807) is 0 Å². The highest BCUT2D eigenvalue weighted by Crippen LogP contribution is 2.72. The molecule has 0 heteroatoms. The van der Waals surface area contributed by atoms with Gasteiger partial charge in [0.25, 0.3) is 0 Å². The summed E-state index contributed by atoms with van der Waals surface area (Å²) in [4.78, 5) is 0. The molecule has 4 aliphatic rings. The van der Waals surface area contributed by atoms with Gasteiger partial charge in [-0.25, -0.2) is 0 Å². The molecule has 0 heterocycles. The van der Waals surface area contributed by atoms with Gasteiger partial charge in [-0.2, -0.15) is 0 Å². The fourth-order valence-electron chi connectivity index (χ4n) is 9.52. The molecule has 0 radical (unpaired) electrons. The van der Waals surface area contributed by atoms with Crippen LogP contribution in [0.4, 0.5) is 0 Å². The smallest absolute Gasteiger partial charge is 0.00825 e. The molecule has 0 aliphatic heterocycles. The van der Waals surface area contributed by atoms with E-state index < -0.39 is 0 Å². The number of hydrogen-bond acceptors (Lipinski definition) is 0. The first-order valence-electron chi connectivity index (χ1n) is 13.3. The topological polar surface area (TPSA) is 0 Å². The Hall–Kier alpha value is -0.260. The van der Waals surface area contributed by atoms with Gasteiger partial charge in [0.05, 0.1) is 0 Å². The van der Waals surface area contributed by atoms with Crippen molar-refractivity contribution in [1.29, 1.82) is 0 Å². The standard InChI is InChI=1S/C29H50/c1-20(2)9-8-10-22(4)24-11-12-25-28(24,6)18-15-26-27(5)16-13-21(3)19-23(27)14-17-29(25,26)7/h14,20-22,24-26H,8-13,15-19H2,1-7H3/t21-,22+,24+,25?,26?,27-,28+,29-/m1/s1. The highest BCUT2D eigenvalue weighted by Gasteiger charge is 2.63. The summed E-state index contributed by atoms with van der Waals surface area (Å²) in [5.74, 6) is 5.57. The maximum atomic E-state index is 2.76. The van der Waals surface area contributed by atoms with E-state index in [0.29, 0.717) is 16.2 Å². The van der Waals surface area contributed by atoms with Crippen LogP contribution in [0.2, 0.25) is 0 Å². The molecule has 3 fully saturated rings. The summed E-state index contributed by atoms with van der Waals surface area (Å²) >= 11 is 0. The Bertz CT molecular complexity index is 628. The molecular formula is C29H50. The van der Waals surface area contributed by atoms with Gasteiger partial charge in [-0.15, -0.1) is 0 Å². The Balaban J connectivity index is 1.55. The van der Waals surface area contributed by atoms with Gasteiger partial charge in [-0.05, 0) is 103 Å². The van der Waals surface area contributed by atoms with Crippen LogP contribution >= 0.6 is 0 Å². The minimum Gasteiger partial charge on any atom is -0.0842 e. The first-order valence-corrected chi connectivity index (χ1v) is 13.3. The monoisotopic (exact) mass is 398 g/mol. The second kappa shape index (κ2) is 7.70. The molecule has 0 nitrogen and oxygen atoms in total. The lowest BCUT2D eigenvalue weighted by atomic mass is 9.41. The Morgan fingerprint density at radius 3 is 2.38 bits per heavy atom. The van der Waals surface area contributed by atoms with Crippen LogP contribution in [0.1, 0.15) is 119 Å². The van der Waals surface area contributed by atoms with Crippen molar-refractivity contribution in [1.82, 2.24) is 0 Å². The average Bonchev–Trinajstić information content (AvgIpc) is 3.00. The van der Waals surface area contributed by atoms with Crippen LogP contribution in [0.5, 0.6) is 0 Å². The minimum atomic E-state index is 0.516. The zero-order valence-electron chi connectivity index (χ0n) is 20.8. The molecular weight excluding hydrogens is 348 g/mol. The van der Waals surface area contributed by atoms with E-state index in [0.717, 1.165) is 35.5 Å². The van der Waals surface area contributed by atoms with E-state index in [2.05, 4.69) is 54.5 Å². The zero-order valence-corrected chi connectivity index (χ0v) is 20.8. The molecule has 166 valence electrons. The van der Waals surface area contributed by atoms with Crippen molar-refractivity contribution >= 4 is 0 Å². The molecule has 0 aromatic rings. The maximum Gasteiger partial charge on any atom is -0.00825 e. The molecule has 0 amide bonds. The molecule has 0 saturated heterocycles. The van der Waals surface area contributed by atoms with Gasteiger partial charge >= 0.3 is 0 Å². The van der Waals surface area contributed by atoms with Crippen molar-refractivity contribution in [2.45, 2.75) is 119 Å². The molecule has 0 aromatic heterocycles. The first-order chi connectivity index (χ1) is 13.6. The van der Waals surface area contributed by atoms with Gasteiger partial charge in [-0.3, -0.25) is 0 Å². The third kappa shape index (κ3) is 3.47. The summed E-state index contributed by atoms with van der Waals surface area (Å²) in [5.41, 5.74) is 3.53. The maximum absolute atomic E-state index is 2.76. The fraction of sp³-hybridized carbons (Fsp3) is 0.931. The van der Waals surface area contributed by atoms with Crippen molar-refractivity contribution in [3.8, 4) is 0 Å². The van der Waals surface area contributed by atoms with Gasteiger partial charge in [-0.1, -0.05) is 79.4 Å². The highest BCUT2D eigenvalue weighted by molar-refractivity contribution is 5.27. The molecule has 4 rings (SSSR count). The Morgan fingerprint density at radius 1 is 0.897 bits per heavy atom. The van der Waals surface area contributed by atoms with Crippen molar-refractivity contribution in [2.75, 3.05) is 0 Å². The highest BCUT2D eigenvalue weighted by atomic mass is 14.7. The van der Waals surface area contributed by atoms with E-state index in [1.165, 1.54) is 70.6 Å². The van der Waals surface area contributed by atoms with Gasteiger partial charge in [0.15, 0.2) is 0 Å². The first kappa shape index (κ1) is 22.0. The SMILES string of the molecule is CC(C)CCC[C@H](C)[C@@H]1CCC2[C@@]3(C)CC=C4C[C@H](C)CC[C@@]4(C)C3CC[C@]21C.